The van der Waals surface area contributed by atoms with Crippen LogP contribution in [0.25, 0.3) is 0 Å². The van der Waals surface area contributed by atoms with Crippen molar-refractivity contribution in [1.82, 2.24) is 25.0 Å². The summed E-state index contributed by atoms with van der Waals surface area (Å²) in [5.41, 5.74) is 0. The Morgan fingerprint density at radius 2 is 2.00 bits per heavy atom. The summed E-state index contributed by atoms with van der Waals surface area (Å²) in [5, 5.41) is 12.1. The number of carbonyl (C=O) groups is 1. The Morgan fingerprint density at radius 3 is 2.66 bits per heavy atom. The van der Waals surface area contributed by atoms with Crippen molar-refractivity contribution in [3.05, 3.63) is 35.8 Å². The summed E-state index contributed by atoms with van der Waals surface area (Å²) in [6.07, 6.45) is 5.67. The van der Waals surface area contributed by atoms with Crippen molar-refractivity contribution < 1.29 is 9.21 Å². The van der Waals surface area contributed by atoms with Crippen molar-refractivity contribution in [2.75, 3.05) is 19.6 Å². The zero-order valence-corrected chi connectivity index (χ0v) is 18.2. The smallest absolute Gasteiger partial charge is 0.287 e. The highest BCUT2D eigenvalue weighted by Gasteiger charge is 2.27. The monoisotopic (exact) mass is 401 g/mol. The Morgan fingerprint density at radius 1 is 1.21 bits per heavy atom. The van der Waals surface area contributed by atoms with E-state index in [1.807, 2.05) is 0 Å². The van der Waals surface area contributed by atoms with Crippen LogP contribution in [-0.2, 0) is 13.0 Å². The summed E-state index contributed by atoms with van der Waals surface area (Å²) in [5.74, 6) is 3.17. The summed E-state index contributed by atoms with van der Waals surface area (Å²) in [7, 11) is 0. The number of carbonyl (C=O) groups excluding carboxylic acids is 1. The fraction of sp³-hybridized carbons (Fsp3) is 0.682. The summed E-state index contributed by atoms with van der Waals surface area (Å²) >= 11 is 0. The molecule has 0 aliphatic carbocycles. The fourth-order valence-electron chi connectivity index (χ4n) is 4.08. The van der Waals surface area contributed by atoms with E-state index in [-0.39, 0.29) is 11.9 Å². The molecule has 1 amide bonds. The van der Waals surface area contributed by atoms with Crippen molar-refractivity contribution in [2.24, 2.45) is 11.8 Å². The van der Waals surface area contributed by atoms with Crippen LogP contribution in [0.2, 0.25) is 0 Å². The van der Waals surface area contributed by atoms with Crippen molar-refractivity contribution in [3.63, 3.8) is 0 Å². The van der Waals surface area contributed by atoms with E-state index in [4.69, 9.17) is 4.42 Å². The summed E-state index contributed by atoms with van der Waals surface area (Å²) in [4.78, 5) is 15.1. The standard InChI is InChI=1S/C22H35N5O2/c1-5-17(6-2)15-26-10-9-20-24-25-21(27(20)12-11-26)18(14-16(3)4)23-22(28)19-8-7-13-29-19/h7-8,13,16-18H,5-6,9-12,14-15H2,1-4H3,(H,23,28)/t18-/m1/s1. The SMILES string of the molecule is CCC(CC)CN1CCc2nnc([C@@H](CC(C)C)NC(=O)c3ccco3)n2CC1. The van der Waals surface area contributed by atoms with E-state index >= 15 is 0 Å². The molecule has 0 saturated carbocycles. The van der Waals surface area contributed by atoms with Crippen LogP contribution in [0.4, 0.5) is 0 Å². The Kier molecular flexibility index (Phi) is 7.47. The van der Waals surface area contributed by atoms with Crippen LogP contribution in [0.5, 0.6) is 0 Å². The van der Waals surface area contributed by atoms with Gasteiger partial charge in [-0.2, -0.15) is 0 Å². The molecule has 0 spiro atoms. The number of hydrogen-bond acceptors (Lipinski definition) is 5. The number of furan rings is 1. The van der Waals surface area contributed by atoms with Gasteiger partial charge in [-0.15, -0.1) is 10.2 Å². The summed E-state index contributed by atoms with van der Waals surface area (Å²) < 4.78 is 7.49. The minimum atomic E-state index is -0.206. The average molecular weight is 402 g/mol. The molecule has 160 valence electrons. The maximum Gasteiger partial charge on any atom is 0.287 e. The second kappa shape index (κ2) is 10.1. The van der Waals surface area contributed by atoms with Crippen molar-refractivity contribution >= 4 is 5.91 Å². The van der Waals surface area contributed by atoms with Gasteiger partial charge in [0.2, 0.25) is 0 Å². The van der Waals surface area contributed by atoms with Crippen LogP contribution in [-0.4, -0.2) is 45.2 Å². The van der Waals surface area contributed by atoms with E-state index in [0.717, 1.165) is 56.6 Å². The first-order valence-corrected chi connectivity index (χ1v) is 11.0. The van der Waals surface area contributed by atoms with E-state index in [1.54, 1.807) is 12.1 Å². The molecule has 0 unspecified atom stereocenters. The van der Waals surface area contributed by atoms with Gasteiger partial charge in [0, 0.05) is 32.6 Å². The largest absolute Gasteiger partial charge is 0.459 e. The third-order valence-corrected chi connectivity index (χ3v) is 5.89. The summed E-state index contributed by atoms with van der Waals surface area (Å²) in [6.45, 7) is 12.9. The van der Waals surface area contributed by atoms with Crippen LogP contribution in [0.3, 0.4) is 0 Å². The van der Waals surface area contributed by atoms with Crippen molar-refractivity contribution in [2.45, 2.75) is 66.0 Å². The first-order chi connectivity index (χ1) is 14.0. The van der Waals surface area contributed by atoms with Crippen molar-refractivity contribution in [1.29, 1.82) is 0 Å². The van der Waals surface area contributed by atoms with Gasteiger partial charge in [0.25, 0.3) is 5.91 Å². The molecule has 0 radical (unpaired) electrons. The molecule has 29 heavy (non-hydrogen) atoms. The number of fused-ring (bicyclic) bond motifs is 1. The van der Waals surface area contributed by atoms with Crippen LogP contribution in [0.15, 0.2) is 22.8 Å². The van der Waals surface area contributed by atoms with Gasteiger partial charge in [-0.3, -0.25) is 4.79 Å². The molecule has 0 fully saturated rings. The van der Waals surface area contributed by atoms with Gasteiger partial charge in [0.15, 0.2) is 11.6 Å². The topological polar surface area (TPSA) is 76.2 Å². The van der Waals surface area contributed by atoms with Gasteiger partial charge in [-0.25, -0.2) is 0 Å². The lowest BCUT2D eigenvalue weighted by Gasteiger charge is -2.25. The Balaban J connectivity index is 1.74. The van der Waals surface area contributed by atoms with Gasteiger partial charge in [0.1, 0.15) is 5.82 Å². The average Bonchev–Trinajstić information content (AvgIpc) is 3.33. The van der Waals surface area contributed by atoms with E-state index in [2.05, 4.69) is 52.7 Å². The summed E-state index contributed by atoms with van der Waals surface area (Å²) in [6, 6.07) is 3.23. The number of aromatic nitrogens is 3. The highest BCUT2D eigenvalue weighted by molar-refractivity contribution is 5.91. The molecule has 7 heteroatoms. The van der Waals surface area contributed by atoms with Crippen LogP contribution in [0, 0.1) is 11.8 Å². The third-order valence-electron chi connectivity index (χ3n) is 5.89. The van der Waals surface area contributed by atoms with E-state index in [9.17, 15) is 4.79 Å². The first-order valence-electron chi connectivity index (χ1n) is 11.0. The lowest BCUT2D eigenvalue weighted by molar-refractivity contribution is 0.0900. The highest BCUT2D eigenvalue weighted by Crippen LogP contribution is 2.23. The van der Waals surface area contributed by atoms with E-state index in [0.29, 0.717) is 11.7 Å². The second-order valence-corrected chi connectivity index (χ2v) is 8.49. The van der Waals surface area contributed by atoms with Gasteiger partial charge < -0.3 is 19.2 Å². The number of nitrogens with one attached hydrogen (secondary N) is 1. The van der Waals surface area contributed by atoms with Crippen LogP contribution < -0.4 is 5.32 Å². The Bertz CT molecular complexity index is 764. The third kappa shape index (κ3) is 5.47. The molecule has 3 rings (SSSR count). The highest BCUT2D eigenvalue weighted by atomic mass is 16.3. The molecule has 0 aromatic carbocycles. The first kappa shape index (κ1) is 21.6. The lowest BCUT2D eigenvalue weighted by Crippen LogP contribution is -2.33. The van der Waals surface area contributed by atoms with Crippen molar-refractivity contribution in [3.8, 4) is 0 Å². The molecular formula is C22H35N5O2. The minimum Gasteiger partial charge on any atom is -0.459 e. The number of nitrogens with zero attached hydrogens (tertiary/aromatic N) is 4. The van der Waals surface area contributed by atoms with E-state index in [1.165, 1.54) is 19.1 Å². The number of hydrogen-bond donors (Lipinski definition) is 1. The maximum absolute atomic E-state index is 12.6. The van der Waals surface area contributed by atoms with Gasteiger partial charge in [-0.1, -0.05) is 40.5 Å². The zero-order chi connectivity index (χ0) is 20.8. The molecule has 1 atom stereocenters. The maximum atomic E-state index is 12.6. The number of rotatable bonds is 9. The number of amides is 1. The van der Waals surface area contributed by atoms with Gasteiger partial charge in [-0.05, 0) is 30.4 Å². The van der Waals surface area contributed by atoms with Crippen LogP contribution >= 0.6 is 0 Å². The molecule has 0 bridgehead atoms. The van der Waals surface area contributed by atoms with Crippen LogP contribution in [0.1, 0.15) is 75.2 Å². The van der Waals surface area contributed by atoms with Gasteiger partial charge >= 0.3 is 0 Å². The Labute approximate surface area is 173 Å². The molecule has 2 aromatic rings. The molecule has 1 N–H and O–H groups in total. The normalized spacial score (nSPS) is 16.1. The van der Waals surface area contributed by atoms with Gasteiger partial charge in [0.05, 0.1) is 12.3 Å². The molecule has 1 aliphatic rings. The molecule has 2 aromatic heterocycles. The Hall–Kier alpha value is -2.15. The molecule has 7 nitrogen and oxygen atoms in total. The lowest BCUT2D eigenvalue weighted by atomic mass is 10.0. The molecular weight excluding hydrogens is 366 g/mol. The quantitative estimate of drug-likeness (QED) is 0.694. The molecule has 0 saturated heterocycles. The van der Waals surface area contributed by atoms with E-state index < -0.39 is 0 Å². The minimum absolute atomic E-state index is 0.181. The fourth-order valence-corrected chi connectivity index (χ4v) is 4.08. The second-order valence-electron chi connectivity index (χ2n) is 8.49. The predicted molar refractivity (Wildman–Crippen MR) is 113 cm³/mol. The zero-order valence-electron chi connectivity index (χ0n) is 18.2. The molecule has 3 heterocycles. The predicted octanol–water partition coefficient (Wildman–Crippen LogP) is 3.68. The molecule has 1 aliphatic heterocycles.